The molecule has 1 fully saturated rings. The molecule has 0 aromatic rings. The molecule has 1 saturated carbocycles. The van der Waals surface area contributed by atoms with Gasteiger partial charge in [-0.15, -0.1) is 0 Å². The molecule has 0 bridgehead atoms. The number of carbonyl (C=O) groups excluding carboxylic acids is 1. The number of amides is 1. The lowest BCUT2D eigenvalue weighted by molar-refractivity contribution is -0.141. The number of hydrogen-bond acceptors (Lipinski definition) is 4. The molecule has 1 rings (SSSR count). The van der Waals surface area contributed by atoms with Crippen LogP contribution in [0.5, 0.6) is 0 Å². The van der Waals surface area contributed by atoms with Gasteiger partial charge in [-0.2, -0.15) is 0 Å². The zero-order valence-electron chi connectivity index (χ0n) is 9.89. The number of aliphatic carboxylic acids is 1. The number of carboxylic acid groups (broad SMARTS) is 1. The smallest absolute Gasteiger partial charge is 0.306 e. The van der Waals surface area contributed by atoms with E-state index in [2.05, 4.69) is 5.32 Å². The van der Waals surface area contributed by atoms with E-state index in [-0.39, 0.29) is 25.0 Å². The Morgan fingerprint density at radius 1 is 1.41 bits per heavy atom. The van der Waals surface area contributed by atoms with Crippen LogP contribution in [0.4, 0.5) is 0 Å². The van der Waals surface area contributed by atoms with Crippen molar-refractivity contribution in [3.8, 4) is 0 Å². The van der Waals surface area contributed by atoms with E-state index in [0.29, 0.717) is 19.3 Å². The average molecular weight is 245 g/mol. The summed E-state index contributed by atoms with van der Waals surface area (Å²) in [6.45, 7) is 0.309. The first-order chi connectivity index (χ1) is 8.04. The van der Waals surface area contributed by atoms with E-state index >= 15 is 0 Å². The largest absolute Gasteiger partial charge is 0.481 e. The normalized spacial score (nSPS) is 25.5. The first kappa shape index (κ1) is 13.9. The fourth-order valence-corrected chi connectivity index (χ4v) is 2.06. The van der Waals surface area contributed by atoms with Crippen LogP contribution in [0.25, 0.3) is 0 Å². The summed E-state index contributed by atoms with van der Waals surface area (Å²) in [6.07, 6.45) is 0.819. The fraction of sp³-hybridized carbons (Fsp3) is 0.818. The Labute approximate surface area is 100.0 Å². The van der Waals surface area contributed by atoms with Gasteiger partial charge in [0.1, 0.15) is 0 Å². The monoisotopic (exact) mass is 245 g/mol. The van der Waals surface area contributed by atoms with E-state index in [1.807, 2.05) is 0 Å². The van der Waals surface area contributed by atoms with Gasteiger partial charge >= 0.3 is 5.97 Å². The number of rotatable bonds is 6. The first-order valence-corrected chi connectivity index (χ1v) is 5.72. The Kier molecular flexibility index (Phi) is 5.37. The maximum atomic E-state index is 11.7. The second-order valence-corrected chi connectivity index (χ2v) is 4.40. The lowest BCUT2D eigenvalue weighted by atomic mass is 10.0. The van der Waals surface area contributed by atoms with Crippen LogP contribution in [0.2, 0.25) is 0 Å². The van der Waals surface area contributed by atoms with Crippen LogP contribution in [0.1, 0.15) is 19.3 Å². The van der Waals surface area contributed by atoms with Crippen LogP contribution in [0.15, 0.2) is 0 Å². The van der Waals surface area contributed by atoms with Crippen LogP contribution in [-0.4, -0.2) is 48.5 Å². The molecule has 0 aromatic carbocycles. The minimum absolute atomic E-state index is 0.140. The van der Waals surface area contributed by atoms with Crippen LogP contribution < -0.4 is 5.32 Å². The van der Waals surface area contributed by atoms with Crippen molar-refractivity contribution in [3.05, 3.63) is 0 Å². The molecule has 0 saturated heterocycles. The van der Waals surface area contributed by atoms with Crippen molar-refractivity contribution >= 4 is 11.9 Å². The molecule has 17 heavy (non-hydrogen) atoms. The van der Waals surface area contributed by atoms with Crippen LogP contribution >= 0.6 is 0 Å². The first-order valence-electron chi connectivity index (χ1n) is 5.72. The van der Waals surface area contributed by atoms with Crippen molar-refractivity contribution in [3.63, 3.8) is 0 Å². The van der Waals surface area contributed by atoms with E-state index in [1.54, 1.807) is 0 Å². The summed E-state index contributed by atoms with van der Waals surface area (Å²) in [5.41, 5.74) is 0. The average Bonchev–Trinajstić information content (AvgIpc) is 2.75. The Hall–Kier alpha value is -1.14. The van der Waals surface area contributed by atoms with Crippen molar-refractivity contribution in [2.24, 2.45) is 11.8 Å². The number of nitrogens with one attached hydrogen (secondary N) is 1. The van der Waals surface area contributed by atoms with Gasteiger partial charge in [0.25, 0.3) is 0 Å². The van der Waals surface area contributed by atoms with Gasteiger partial charge in [-0.25, -0.2) is 0 Å². The zero-order valence-corrected chi connectivity index (χ0v) is 9.89. The molecule has 3 atom stereocenters. The standard InChI is InChI=1S/C11H19NO5/c1-17-6-9(13)5-12-10(14)7-2-3-8(4-7)11(15)16/h7-9,13H,2-6H2,1H3,(H,12,14)(H,15,16). The van der Waals surface area contributed by atoms with Crippen molar-refractivity contribution in [2.75, 3.05) is 20.3 Å². The number of aliphatic hydroxyl groups is 1. The Morgan fingerprint density at radius 2 is 2.06 bits per heavy atom. The van der Waals surface area contributed by atoms with Crippen molar-refractivity contribution in [2.45, 2.75) is 25.4 Å². The Balaban J connectivity index is 2.27. The molecule has 1 aliphatic rings. The lowest BCUT2D eigenvalue weighted by Gasteiger charge is -2.13. The fourth-order valence-electron chi connectivity index (χ4n) is 2.06. The molecular weight excluding hydrogens is 226 g/mol. The Morgan fingerprint density at radius 3 is 2.59 bits per heavy atom. The van der Waals surface area contributed by atoms with Crippen molar-refractivity contribution in [1.29, 1.82) is 0 Å². The van der Waals surface area contributed by atoms with Gasteiger partial charge in [0.2, 0.25) is 5.91 Å². The molecule has 3 unspecified atom stereocenters. The third kappa shape index (κ3) is 4.32. The van der Waals surface area contributed by atoms with Crippen LogP contribution in [0, 0.1) is 11.8 Å². The van der Waals surface area contributed by atoms with Crippen molar-refractivity contribution < 1.29 is 24.5 Å². The highest BCUT2D eigenvalue weighted by atomic mass is 16.5. The van der Waals surface area contributed by atoms with Gasteiger partial charge < -0.3 is 20.3 Å². The molecule has 0 aromatic heterocycles. The molecule has 0 radical (unpaired) electrons. The quantitative estimate of drug-likeness (QED) is 0.592. The minimum Gasteiger partial charge on any atom is -0.481 e. The van der Waals surface area contributed by atoms with Crippen molar-refractivity contribution in [1.82, 2.24) is 5.32 Å². The van der Waals surface area contributed by atoms with Gasteiger partial charge in [0.15, 0.2) is 0 Å². The minimum atomic E-state index is -0.834. The summed E-state index contributed by atoms with van der Waals surface area (Å²) in [5.74, 6) is -1.66. The van der Waals surface area contributed by atoms with Gasteiger partial charge in [-0.1, -0.05) is 0 Å². The lowest BCUT2D eigenvalue weighted by Crippen LogP contribution is -2.37. The highest BCUT2D eigenvalue weighted by Gasteiger charge is 2.33. The molecule has 3 N–H and O–H groups in total. The maximum Gasteiger partial charge on any atom is 0.306 e. The summed E-state index contributed by atoms with van der Waals surface area (Å²) in [6, 6.07) is 0. The SMILES string of the molecule is COCC(O)CNC(=O)C1CCC(C(=O)O)C1. The Bertz CT molecular complexity index is 281. The van der Waals surface area contributed by atoms with Gasteiger partial charge in [0.05, 0.1) is 18.6 Å². The second-order valence-electron chi connectivity index (χ2n) is 4.40. The van der Waals surface area contributed by atoms with Gasteiger partial charge in [-0.05, 0) is 19.3 Å². The van der Waals surface area contributed by atoms with Gasteiger partial charge in [0, 0.05) is 19.6 Å². The van der Waals surface area contributed by atoms with Crippen LogP contribution in [-0.2, 0) is 14.3 Å². The van der Waals surface area contributed by atoms with Gasteiger partial charge in [-0.3, -0.25) is 9.59 Å². The molecule has 0 heterocycles. The third-order valence-electron chi connectivity index (χ3n) is 3.02. The third-order valence-corrected chi connectivity index (χ3v) is 3.02. The summed E-state index contributed by atoms with van der Waals surface area (Å²) in [4.78, 5) is 22.4. The predicted molar refractivity (Wildman–Crippen MR) is 59.4 cm³/mol. The summed E-state index contributed by atoms with van der Waals surface area (Å²) in [5, 5.41) is 20.8. The zero-order chi connectivity index (χ0) is 12.8. The summed E-state index contributed by atoms with van der Waals surface area (Å²) < 4.78 is 4.73. The predicted octanol–water partition coefficient (Wildman–Crippen LogP) is -0.389. The van der Waals surface area contributed by atoms with E-state index in [9.17, 15) is 14.7 Å². The van der Waals surface area contributed by atoms with E-state index < -0.39 is 18.0 Å². The molecule has 6 heteroatoms. The molecule has 1 amide bonds. The molecule has 6 nitrogen and oxygen atoms in total. The van der Waals surface area contributed by atoms with Crippen LogP contribution in [0.3, 0.4) is 0 Å². The summed E-state index contributed by atoms with van der Waals surface area (Å²) in [7, 11) is 1.47. The summed E-state index contributed by atoms with van der Waals surface area (Å²) >= 11 is 0. The van der Waals surface area contributed by atoms with E-state index in [0.717, 1.165) is 0 Å². The number of hydrogen-bond donors (Lipinski definition) is 3. The number of methoxy groups -OCH3 is 1. The molecule has 0 spiro atoms. The highest BCUT2D eigenvalue weighted by Crippen LogP contribution is 2.30. The molecular formula is C11H19NO5. The van der Waals surface area contributed by atoms with E-state index in [4.69, 9.17) is 9.84 Å². The molecule has 98 valence electrons. The highest BCUT2D eigenvalue weighted by molar-refractivity contribution is 5.80. The second kappa shape index (κ2) is 6.56. The number of ether oxygens (including phenoxy) is 1. The number of aliphatic hydroxyl groups excluding tert-OH is 1. The molecule has 1 aliphatic carbocycles. The number of carboxylic acids is 1. The molecule has 0 aliphatic heterocycles. The van der Waals surface area contributed by atoms with E-state index in [1.165, 1.54) is 7.11 Å². The number of carbonyl (C=O) groups is 2. The maximum absolute atomic E-state index is 11.7. The topological polar surface area (TPSA) is 95.9 Å².